The van der Waals surface area contributed by atoms with Crippen LogP contribution in [0.4, 0.5) is 5.69 Å². The second kappa shape index (κ2) is 7.32. The number of aryl methyl sites for hydroxylation is 2. The van der Waals surface area contributed by atoms with Gasteiger partial charge in [-0.15, -0.1) is 0 Å². The molecule has 0 radical (unpaired) electrons. The zero-order valence-electron chi connectivity index (χ0n) is 13.2. The van der Waals surface area contributed by atoms with Gasteiger partial charge < -0.3 is 15.4 Å². The van der Waals surface area contributed by atoms with Gasteiger partial charge >= 0.3 is 0 Å². The number of rotatable bonds is 5. The van der Waals surface area contributed by atoms with Crippen LogP contribution in [-0.2, 0) is 4.79 Å². The summed E-state index contributed by atoms with van der Waals surface area (Å²) < 4.78 is 0. The van der Waals surface area contributed by atoms with Crippen LogP contribution in [0.5, 0.6) is 5.88 Å². The molecule has 0 aliphatic rings. The topological polar surface area (TPSA) is 95.1 Å². The van der Waals surface area contributed by atoms with E-state index in [2.05, 4.69) is 15.3 Å². The van der Waals surface area contributed by atoms with Crippen molar-refractivity contribution in [2.24, 2.45) is 0 Å². The van der Waals surface area contributed by atoms with Crippen LogP contribution in [0.3, 0.4) is 0 Å². The van der Waals surface area contributed by atoms with Crippen LogP contribution >= 0.6 is 11.8 Å². The number of nitrogens with zero attached hydrogens (tertiary/aromatic N) is 1. The number of benzene rings is 1. The molecule has 0 bridgehead atoms. The maximum atomic E-state index is 12.5. The van der Waals surface area contributed by atoms with E-state index >= 15 is 0 Å². The van der Waals surface area contributed by atoms with E-state index in [0.29, 0.717) is 6.42 Å². The molecular weight excluding hydrogens is 314 g/mol. The molecule has 1 atom stereocenters. The molecule has 0 fully saturated rings. The number of hydrogen-bond donors (Lipinski definition) is 3. The van der Waals surface area contributed by atoms with Crippen LogP contribution in [0.25, 0.3) is 0 Å². The third kappa shape index (κ3) is 4.59. The lowest BCUT2D eigenvalue weighted by Crippen LogP contribution is -2.25. The fourth-order valence-corrected chi connectivity index (χ4v) is 2.93. The average molecular weight is 333 g/mol. The quantitative estimate of drug-likeness (QED) is 0.577. The Morgan fingerprint density at radius 3 is 2.78 bits per heavy atom. The summed E-state index contributed by atoms with van der Waals surface area (Å²) in [7, 11) is 0. The van der Waals surface area contributed by atoms with Crippen molar-refractivity contribution in [2.75, 3.05) is 5.32 Å². The molecule has 1 aromatic heterocycles. The van der Waals surface area contributed by atoms with Gasteiger partial charge in [-0.3, -0.25) is 9.59 Å². The van der Waals surface area contributed by atoms with Gasteiger partial charge in [-0.2, -0.15) is 4.98 Å². The summed E-state index contributed by atoms with van der Waals surface area (Å²) in [4.78, 5) is 30.2. The number of amides is 1. The summed E-state index contributed by atoms with van der Waals surface area (Å²) in [6.07, 6.45) is 0.556. The molecule has 122 valence electrons. The lowest BCUT2D eigenvalue weighted by atomic mass is 10.1. The number of nitrogens with one attached hydrogen (secondary N) is 2. The van der Waals surface area contributed by atoms with Gasteiger partial charge in [-0.25, -0.2) is 0 Å². The van der Waals surface area contributed by atoms with Crippen LogP contribution in [0.2, 0.25) is 0 Å². The molecule has 0 aliphatic carbocycles. The molecule has 0 saturated carbocycles. The zero-order chi connectivity index (χ0) is 17.0. The number of aromatic hydroxyl groups is 1. The van der Waals surface area contributed by atoms with Gasteiger partial charge in [0.1, 0.15) is 0 Å². The van der Waals surface area contributed by atoms with Gasteiger partial charge in [0.2, 0.25) is 11.8 Å². The van der Waals surface area contributed by atoms with E-state index in [1.165, 1.54) is 0 Å². The Labute approximate surface area is 138 Å². The Balaban J connectivity index is 2.15. The molecule has 7 heteroatoms. The lowest BCUT2D eigenvalue weighted by molar-refractivity contribution is -0.115. The van der Waals surface area contributed by atoms with Crippen molar-refractivity contribution in [3.8, 4) is 5.88 Å². The van der Waals surface area contributed by atoms with Crippen molar-refractivity contribution in [1.29, 1.82) is 0 Å². The van der Waals surface area contributed by atoms with Gasteiger partial charge in [-0.1, -0.05) is 30.8 Å². The minimum Gasteiger partial charge on any atom is -0.493 e. The van der Waals surface area contributed by atoms with Crippen LogP contribution in [0.1, 0.15) is 24.5 Å². The molecule has 2 rings (SSSR count). The first-order chi connectivity index (χ1) is 10.9. The summed E-state index contributed by atoms with van der Waals surface area (Å²) in [6, 6.07) is 6.84. The van der Waals surface area contributed by atoms with E-state index in [9.17, 15) is 14.7 Å². The van der Waals surface area contributed by atoms with Crippen molar-refractivity contribution in [1.82, 2.24) is 9.97 Å². The smallest absolute Gasteiger partial charge is 0.255 e. The second-order valence-electron chi connectivity index (χ2n) is 5.23. The fraction of sp³-hybridized carbons (Fsp3) is 0.312. The van der Waals surface area contributed by atoms with Crippen molar-refractivity contribution >= 4 is 23.4 Å². The molecule has 1 aromatic carbocycles. The first-order valence-corrected chi connectivity index (χ1v) is 8.12. The molecule has 1 amide bonds. The van der Waals surface area contributed by atoms with Crippen LogP contribution in [0, 0.1) is 13.8 Å². The highest BCUT2D eigenvalue weighted by Gasteiger charge is 2.20. The number of aromatic amines is 1. The van der Waals surface area contributed by atoms with E-state index in [0.717, 1.165) is 34.6 Å². The Hall–Kier alpha value is -2.28. The molecule has 23 heavy (non-hydrogen) atoms. The van der Waals surface area contributed by atoms with Gasteiger partial charge in [0.25, 0.3) is 5.56 Å². The van der Waals surface area contributed by atoms with Gasteiger partial charge in [0, 0.05) is 5.69 Å². The number of aromatic nitrogens is 2. The summed E-state index contributed by atoms with van der Waals surface area (Å²) in [5.74, 6) is -0.529. The highest BCUT2D eigenvalue weighted by atomic mass is 32.2. The minimum absolute atomic E-state index is 0.169. The standard InChI is InChI=1S/C16H19N3O3S/c1-4-12(23-16-18-13(20)8-14(21)19-16)15(22)17-11-7-9(2)5-6-10(11)3/h5-8,12H,4H2,1-3H3,(H,17,22)(H2,18,19,20,21). The van der Waals surface area contributed by atoms with E-state index in [1.807, 2.05) is 39.0 Å². The van der Waals surface area contributed by atoms with E-state index in [1.54, 1.807) is 0 Å². The van der Waals surface area contributed by atoms with Crippen LogP contribution in [-0.4, -0.2) is 26.2 Å². The first kappa shape index (κ1) is 17.1. The molecular formula is C16H19N3O3S. The molecule has 0 saturated heterocycles. The lowest BCUT2D eigenvalue weighted by Gasteiger charge is -2.15. The number of carbonyl (C=O) groups is 1. The Bertz CT molecular complexity index is 773. The van der Waals surface area contributed by atoms with Crippen molar-refractivity contribution < 1.29 is 9.90 Å². The van der Waals surface area contributed by atoms with Gasteiger partial charge in [0.05, 0.1) is 11.3 Å². The summed E-state index contributed by atoms with van der Waals surface area (Å²) >= 11 is 1.12. The van der Waals surface area contributed by atoms with E-state index in [4.69, 9.17) is 0 Å². The van der Waals surface area contributed by atoms with Crippen molar-refractivity contribution in [2.45, 2.75) is 37.6 Å². The molecule has 6 nitrogen and oxygen atoms in total. The minimum atomic E-state index is -0.454. The molecule has 3 N–H and O–H groups in total. The summed E-state index contributed by atoms with van der Waals surface area (Å²) in [5.41, 5.74) is 2.36. The van der Waals surface area contributed by atoms with Gasteiger partial charge in [0.15, 0.2) is 5.16 Å². The SMILES string of the molecule is CCC(Sc1nc(O)cc(=O)[nH]1)C(=O)Nc1cc(C)ccc1C. The van der Waals surface area contributed by atoms with Crippen molar-refractivity contribution in [3.63, 3.8) is 0 Å². The molecule has 1 heterocycles. The monoisotopic (exact) mass is 333 g/mol. The normalized spacial score (nSPS) is 12.0. The maximum Gasteiger partial charge on any atom is 0.255 e. The summed E-state index contributed by atoms with van der Waals surface area (Å²) in [5, 5.41) is 12.1. The predicted octanol–water partition coefficient (Wildman–Crippen LogP) is 2.60. The summed E-state index contributed by atoms with van der Waals surface area (Å²) in [6.45, 7) is 5.77. The fourth-order valence-electron chi connectivity index (χ4n) is 2.02. The third-order valence-corrected chi connectivity index (χ3v) is 4.52. The van der Waals surface area contributed by atoms with Crippen molar-refractivity contribution in [3.05, 3.63) is 45.7 Å². The Morgan fingerprint density at radius 2 is 2.13 bits per heavy atom. The Morgan fingerprint density at radius 1 is 1.39 bits per heavy atom. The van der Waals surface area contributed by atoms with Crippen LogP contribution in [0.15, 0.2) is 34.2 Å². The second-order valence-corrected chi connectivity index (χ2v) is 6.42. The maximum absolute atomic E-state index is 12.5. The highest BCUT2D eigenvalue weighted by molar-refractivity contribution is 8.00. The molecule has 0 aliphatic heterocycles. The zero-order valence-corrected chi connectivity index (χ0v) is 14.0. The number of anilines is 1. The first-order valence-electron chi connectivity index (χ1n) is 7.24. The Kier molecular flexibility index (Phi) is 5.44. The van der Waals surface area contributed by atoms with Gasteiger partial charge in [-0.05, 0) is 37.5 Å². The average Bonchev–Trinajstić information content (AvgIpc) is 2.47. The number of thioether (sulfide) groups is 1. The largest absolute Gasteiger partial charge is 0.493 e. The number of hydrogen-bond acceptors (Lipinski definition) is 5. The van der Waals surface area contributed by atoms with E-state index < -0.39 is 10.8 Å². The molecule has 0 spiro atoms. The number of carbonyl (C=O) groups excluding carboxylic acids is 1. The van der Waals surface area contributed by atoms with E-state index in [-0.39, 0.29) is 16.9 Å². The highest BCUT2D eigenvalue weighted by Crippen LogP contribution is 2.25. The third-order valence-electron chi connectivity index (χ3n) is 3.27. The molecule has 1 unspecified atom stereocenters. The number of H-pyrrole nitrogens is 1. The van der Waals surface area contributed by atoms with Crippen LogP contribution < -0.4 is 10.9 Å². The predicted molar refractivity (Wildman–Crippen MR) is 91.0 cm³/mol. The molecule has 2 aromatic rings.